The van der Waals surface area contributed by atoms with Gasteiger partial charge in [-0.1, -0.05) is 84.9 Å². The third-order valence-corrected chi connectivity index (χ3v) is 6.75. The molecule has 5 heteroatoms. The highest BCUT2D eigenvalue weighted by Crippen LogP contribution is 2.43. The lowest BCUT2D eigenvalue weighted by Gasteiger charge is -2.38. The van der Waals surface area contributed by atoms with Crippen molar-refractivity contribution >= 4 is 5.91 Å². The van der Waals surface area contributed by atoms with Gasteiger partial charge in [-0.15, -0.1) is 0 Å². The van der Waals surface area contributed by atoms with Crippen molar-refractivity contribution in [2.45, 2.75) is 30.9 Å². The van der Waals surface area contributed by atoms with Gasteiger partial charge in [-0.2, -0.15) is 0 Å². The molecule has 4 aromatic carbocycles. The molecule has 176 valence electrons. The number of rotatable bonds is 7. The summed E-state index contributed by atoms with van der Waals surface area (Å²) in [5.74, 6) is -0.300. The summed E-state index contributed by atoms with van der Waals surface area (Å²) in [5.41, 5.74) is 4.72. The van der Waals surface area contributed by atoms with Gasteiger partial charge in [0.1, 0.15) is 11.5 Å². The highest BCUT2D eigenvalue weighted by molar-refractivity contribution is 5.92. The summed E-state index contributed by atoms with van der Waals surface area (Å²) < 4.78 is 0. The van der Waals surface area contributed by atoms with Gasteiger partial charge in [0.25, 0.3) is 0 Å². The van der Waals surface area contributed by atoms with Gasteiger partial charge in [0.15, 0.2) is 0 Å². The Morgan fingerprint density at radius 3 is 2.20 bits per heavy atom. The first-order valence-corrected chi connectivity index (χ1v) is 11.8. The molecule has 0 unspecified atom stereocenters. The largest absolute Gasteiger partial charge is 0.507 e. The Hall–Kier alpha value is -4.09. The zero-order valence-electron chi connectivity index (χ0n) is 19.1. The number of benzene rings is 4. The summed E-state index contributed by atoms with van der Waals surface area (Å²) in [7, 11) is 0. The van der Waals surface area contributed by atoms with Crippen molar-refractivity contribution in [3.63, 3.8) is 0 Å². The predicted molar refractivity (Wildman–Crippen MR) is 135 cm³/mol. The van der Waals surface area contributed by atoms with E-state index < -0.39 is 6.10 Å². The van der Waals surface area contributed by atoms with E-state index in [9.17, 15) is 20.1 Å². The van der Waals surface area contributed by atoms with E-state index in [1.165, 1.54) is 0 Å². The average molecular weight is 466 g/mol. The number of nitrogens with one attached hydrogen (secondary N) is 1. The number of para-hydroxylation sites is 1. The first-order valence-electron chi connectivity index (χ1n) is 11.8. The van der Waals surface area contributed by atoms with Crippen LogP contribution in [0.1, 0.15) is 46.7 Å². The molecule has 0 saturated carbocycles. The number of aliphatic hydroxyl groups excluding tert-OH is 1. The molecule has 1 heterocycles. The van der Waals surface area contributed by atoms with Crippen LogP contribution in [0.25, 0.3) is 11.1 Å². The minimum Gasteiger partial charge on any atom is -0.507 e. The highest BCUT2D eigenvalue weighted by atomic mass is 16.3. The quantitative estimate of drug-likeness (QED) is 0.276. The molecule has 1 fully saturated rings. The maximum atomic E-state index is 12.7. The molecule has 1 amide bonds. The number of phenols is 2. The standard InChI is InChI=1S/C30H27NO4/c32-25(20-9-2-1-3-10-20)17-15-19-8-4-5-11-22(19)28-29(31-30(28)35)21-14-16-24(27(34)18-21)23-12-6-7-13-26(23)33/h1-14,16,18,25,28-29,32-34H,15,17H2,(H,31,35)/t25-,28+,29+/m0/s1. The third kappa shape index (κ3) is 4.51. The van der Waals surface area contributed by atoms with E-state index in [0.717, 1.165) is 22.3 Å². The predicted octanol–water partition coefficient (Wildman–Crippen LogP) is 5.39. The molecule has 0 radical (unpaired) electrons. The fourth-order valence-electron chi connectivity index (χ4n) is 4.85. The Balaban J connectivity index is 1.38. The fourth-order valence-corrected chi connectivity index (χ4v) is 4.85. The summed E-state index contributed by atoms with van der Waals surface area (Å²) in [4.78, 5) is 12.7. The van der Waals surface area contributed by atoms with Crippen molar-refractivity contribution in [2.75, 3.05) is 0 Å². The molecule has 5 rings (SSSR count). The van der Waals surface area contributed by atoms with Gasteiger partial charge in [-0.05, 0) is 47.2 Å². The Labute approximate surface area is 204 Å². The van der Waals surface area contributed by atoms with Gasteiger partial charge in [0, 0.05) is 11.1 Å². The zero-order chi connectivity index (χ0) is 24.4. The van der Waals surface area contributed by atoms with Crippen LogP contribution in [0.5, 0.6) is 11.5 Å². The van der Waals surface area contributed by atoms with E-state index in [1.807, 2.05) is 60.7 Å². The molecule has 3 atom stereocenters. The number of phenolic OH excluding ortho intramolecular Hbond substituents is 2. The highest BCUT2D eigenvalue weighted by Gasteiger charge is 2.42. The summed E-state index contributed by atoms with van der Waals surface area (Å²) in [6.07, 6.45) is 0.616. The number of carbonyl (C=O) groups is 1. The summed E-state index contributed by atoms with van der Waals surface area (Å²) >= 11 is 0. The first kappa shape index (κ1) is 22.7. The number of aliphatic hydroxyl groups is 1. The molecule has 1 aliphatic heterocycles. The van der Waals surface area contributed by atoms with Gasteiger partial charge in [0.2, 0.25) is 5.91 Å². The molecule has 4 N–H and O–H groups in total. The van der Waals surface area contributed by atoms with Crippen LogP contribution in [0.4, 0.5) is 0 Å². The van der Waals surface area contributed by atoms with Crippen LogP contribution in [0.15, 0.2) is 97.1 Å². The molecule has 0 aliphatic carbocycles. The fraction of sp³-hybridized carbons (Fsp3) is 0.167. The lowest BCUT2D eigenvalue weighted by molar-refractivity contribution is -0.131. The maximum absolute atomic E-state index is 12.7. The Morgan fingerprint density at radius 2 is 1.46 bits per heavy atom. The minimum absolute atomic E-state index is 0.0446. The van der Waals surface area contributed by atoms with Crippen LogP contribution in [0.3, 0.4) is 0 Å². The molecule has 1 aliphatic rings. The van der Waals surface area contributed by atoms with E-state index in [2.05, 4.69) is 5.32 Å². The van der Waals surface area contributed by atoms with Crippen LogP contribution in [0.2, 0.25) is 0 Å². The normalized spacial score (nSPS) is 17.9. The Kier molecular flexibility index (Phi) is 6.25. The second kappa shape index (κ2) is 9.65. The summed E-state index contributed by atoms with van der Waals surface area (Å²) in [6.45, 7) is 0. The summed E-state index contributed by atoms with van der Waals surface area (Å²) in [6, 6.07) is 29.3. The molecular weight excluding hydrogens is 438 g/mol. The number of carbonyl (C=O) groups excluding carboxylic acids is 1. The zero-order valence-corrected chi connectivity index (χ0v) is 19.1. The lowest BCUT2D eigenvalue weighted by atomic mass is 9.77. The van der Waals surface area contributed by atoms with Gasteiger partial charge in [-0.3, -0.25) is 4.79 Å². The topological polar surface area (TPSA) is 89.8 Å². The van der Waals surface area contributed by atoms with E-state index >= 15 is 0 Å². The van der Waals surface area contributed by atoms with Crippen LogP contribution < -0.4 is 5.32 Å². The van der Waals surface area contributed by atoms with Crippen molar-refractivity contribution in [3.8, 4) is 22.6 Å². The monoisotopic (exact) mass is 465 g/mol. The Bertz CT molecular complexity index is 1350. The molecule has 1 saturated heterocycles. The number of aryl methyl sites for hydroxylation is 1. The van der Waals surface area contributed by atoms with Crippen molar-refractivity contribution in [2.24, 2.45) is 0 Å². The van der Waals surface area contributed by atoms with Crippen LogP contribution in [-0.2, 0) is 11.2 Å². The number of hydrogen-bond donors (Lipinski definition) is 4. The van der Waals surface area contributed by atoms with E-state index in [-0.39, 0.29) is 29.4 Å². The SMILES string of the molecule is O=C1N[C@H](c2ccc(-c3ccccc3O)c(O)c2)[C@H]1c1ccccc1CC[C@H](O)c1ccccc1. The van der Waals surface area contributed by atoms with E-state index in [4.69, 9.17) is 0 Å². The smallest absolute Gasteiger partial charge is 0.230 e. The molecule has 0 spiro atoms. The molecule has 4 aromatic rings. The number of β-lactam (4-membered cyclic amide) rings is 1. The summed E-state index contributed by atoms with van der Waals surface area (Å²) in [5, 5.41) is 34.5. The minimum atomic E-state index is -0.575. The van der Waals surface area contributed by atoms with Gasteiger partial charge < -0.3 is 20.6 Å². The lowest BCUT2D eigenvalue weighted by Crippen LogP contribution is -2.50. The van der Waals surface area contributed by atoms with Crippen molar-refractivity contribution in [1.29, 1.82) is 0 Å². The Morgan fingerprint density at radius 1 is 0.771 bits per heavy atom. The second-order valence-electron chi connectivity index (χ2n) is 8.92. The maximum Gasteiger partial charge on any atom is 0.230 e. The average Bonchev–Trinajstić information content (AvgIpc) is 2.87. The van der Waals surface area contributed by atoms with Crippen molar-refractivity contribution in [1.82, 2.24) is 5.32 Å². The van der Waals surface area contributed by atoms with Crippen molar-refractivity contribution < 1.29 is 20.1 Å². The number of amides is 1. The van der Waals surface area contributed by atoms with Gasteiger partial charge >= 0.3 is 0 Å². The molecular formula is C30H27NO4. The molecule has 0 aromatic heterocycles. The molecule has 35 heavy (non-hydrogen) atoms. The van der Waals surface area contributed by atoms with E-state index in [0.29, 0.717) is 24.0 Å². The third-order valence-electron chi connectivity index (χ3n) is 6.75. The van der Waals surface area contributed by atoms with Gasteiger partial charge in [0.05, 0.1) is 18.1 Å². The van der Waals surface area contributed by atoms with Crippen LogP contribution in [0, 0.1) is 0 Å². The molecule has 5 nitrogen and oxygen atoms in total. The first-order chi connectivity index (χ1) is 17.0. The number of aromatic hydroxyl groups is 2. The molecule has 0 bridgehead atoms. The van der Waals surface area contributed by atoms with E-state index in [1.54, 1.807) is 36.4 Å². The van der Waals surface area contributed by atoms with Crippen LogP contribution in [-0.4, -0.2) is 21.2 Å². The second-order valence-corrected chi connectivity index (χ2v) is 8.92. The number of hydrogen-bond acceptors (Lipinski definition) is 4. The van der Waals surface area contributed by atoms with Gasteiger partial charge in [-0.25, -0.2) is 0 Å². The van der Waals surface area contributed by atoms with Crippen LogP contribution >= 0.6 is 0 Å². The van der Waals surface area contributed by atoms with Crippen molar-refractivity contribution in [3.05, 3.63) is 119 Å².